The molecule has 0 bridgehead atoms. The molecule has 0 unspecified atom stereocenters. The number of halogens is 2. The number of carbonyl (C=O) groups is 3. The summed E-state index contributed by atoms with van der Waals surface area (Å²) in [6, 6.07) is 20.0. The lowest BCUT2D eigenvalue weighted by molar-refractivity contribution is -0.140. The molecule has 0 heterocycles. The molecule has 222 valence electrons. The maximum absolute atomic E-state index is 14.5. The number of amides is 4. The van der Waals surface area contributed by atoms with E-state index < -0.39 is 23.9 Å². The van der Waals surface area contributed by atoms with E-state index in [1.807, 2.05) is 24.3 Å². The van der Waals surface area contributed by atoms with Crippen LogP contribution < -0.4 is 28.3 Å². The number of primary amides is 2. The number of nitrogens with two attached hydrogens (primary N) is 4. The van der Waals surface area contributed by atoms with Crippen LogP contribution in [0.4, 0.5) is 4.79 Å². The first-order valence-corrected chi connectivity index (χ1v) is 14.1. The lowest BCUT2D eigenvalue weighted by Gasteiger charge is -2.33. The number of hydrogen-bond donors (Lipinski definition) is 5. The van der Waals surface area contributed by atoms with E-state index in [0.717, 1.165) is 11.1 Å². The predicted molar refractivity (Wildman–Crippen MR) is 166 cm³/mol. The number of rotatable bonds is 14. The molecule has 0 fully saturated rings. The number of urea groups is 1. The zero-order chi connectivity index (χ0) is 30.6. The molecule has 0 aliphatic rings. The first-order chi connectivity index (χ1) is 20.0. The molecule has 9 N–H and O–H groups in total. The van der Waals surface area contributed by atoms with Gasteiger partial charge in [-0.1, -0.05) is 71.7 Å². The lowest BCUT2D eigenvalue weighted by Crippen LogP contribution is -2.50. The average molecular weight is 613 g/mol. The van der Waals surface area contributed by atoms with E-state index in [1.165, 1.54) is 4.90 Å². The van der Waals surface area contributed by atoms with Crippen molar-refractivity contribution < 1.29 is 14.4 Å². The van der Waals surface area contributed by atoms with Gasteiger partial charge in [0.2, 0.25) is 11.8 Å². The fourth-order valence-corrected chi connectivity index (χ4v) is 4.83. The summed E-state index contributed by atoms with van der Waals surface area (Å²) in [6.07, 6.45) is 1.15. The van der Waals surface area contributed by atoms with Crippen LogP contribution in [0.15, 0.2) is 77.8 Å². The van der Waals surface area contributed by atoms with Crippen molar-refractivity contribution in [1.29, 1.82) is 0 Å². The first-order valence-electron chi connectivity index (χ1n) is 13.3. The van der Waals surface area contributed by atoms with Crippen molar-refractivity contribution in [3.8, 4) is 0 Å². The minimum atomic E-state index is -0.909. The molecule has 0 radical (unpaired) electrons. The van der Waals surface area contributed by atoms with Gasteiger partial charge in [0.25, 0.3) is 0 Å². The van der Waals surface area contributed by atoms with Crippen LogP contribution >= 0.6 is 23.2 Å². The molecule has 10 nitrogen and oxygen atoms in total. The van der Waals surface area contributed by atoms with E-state index in [4.69, 9.17) is 46.1 Å². The maximum Gasteiger partial charge on any atom is 0.312 e. The summed E-state index contributed by atoms with van der Waals surface area (Å²) in [5, 5.41) is 3.61. The van der Waals surface area contributed by atoms with E-state index in [0.29, 0.717) is 40.6 Å². The molecule has 42 heavy (non-hydrogen) atoms. The van der Waals surface area contributed by atoms with Crippen molar-refractivity contribution in [2.45, 2.75) is 37.8 Å². The SMILES string of the molecule is NC(=O)NCc1ccc(CCN(C(=O)C(c2ccc(Cl)cc2)c2ccc(Cl)cc2)[C@H](CCCN=C(N)N)C(N)=O)cc1. The molecule has 0 saturated heterocycles. The predicted octanol–water partition coefficient (Wildman–Crippen LogP) is 3.27. The van der Waals surface area contributed by atoms with E-state index in [1.54, 1.807) is 48.5 Å². The summed E-state index contributed by atoms with van der Waals surface area (Å²) in [7, 11) is 0. The van der Waals surface area contributed by atoms with Crippen molar-refractivity contribution in [3.63, 3.8) is 0 Å². The van der Waals surface area contributed by atoms with Crippen LogP contribution in [0, 0.1) is 0 Å². The minimum absolute atomic E-state index is 0.0569. The normalized spacial score (nSPS) is 11.5. The Balaban J connectivity index is 1.96. The van der Waals surface area contributed by atoms with Gasteiger partial charge in [0, 0.05) is 29.7 Å². The fourth-order valence-electron chi connectivity index (χ4n) is 4.58. The van der Waals surface area contributed by atoms with Gasteiger partial charge in [-0.2, -0.15) is 0 Å². The summed E-state index contributed by atoms with van der Waals surface area (Å²) < 4.78 is 0. The molecule has 1 atom stereocenters. The Hall–Kier alpha value is -4.28. The number of nitrogens with one attached hydrogen (secondary N) is 1. The molecule has 3 aromatic carbocycles. The van der Waals surface area contributed by atoms with Crippen molar-refractivity contribution in [3.05, 3.63) is 105 Å². The van der Waals surface area contributed by atoms with Gasteiger partial charge in [-0.3, -0.25) is 14.6 Å². The molecule has 0 saturated carbocycles. The number of carbonyl (C=O) groups excluding carboxylic acids is 3. The lowest BCUT2D eigenvalue weighted by atomic mass is 9.89. The van der Waals surface area contributed by atoms with E-state index in [2.05, 4.69) is 10.3 Å². The van der Waals surface area contributed by atoms with Crippen LogP contribution in [0.1, 0.15) is 41.0 Å². The Morgan fingerprint density at radius 1 is 0.786 bits per heavy atom. The maximum atomic E-state index is 14.5. The van der Waals surface area contributed by atoms with Gasteiger partial charge in [-0.15, -0.1) is 0 Å². The Labute approximate surface area is 255 Å². The smallest absolute Gasteiger partial charge is 0.312 e. The van der Waals surface area contributed by atoms with Crippen molar-refractivity contribution in [1.82, 2.24) is 10.2 Å². The highest BCUT2D eigenvalue weighted by Gasteiger charge is 2.34. The summed E-state index contributed by atoms with van der Waals surface area (Å²) in [5.41, 5.74) is 25.1. The summed E-state index contributed by atoms with van der Waals surface area (Å²) >= 11 is 12.3. The quantitative estimate of drug-likeness (QED) is 0.106. The molecular formula is C30H35Cl2N7O3. The van der Waals surface area contributed by atoms with Gasteiger partial charge in [0.1, 0.15) is 6.04 Å². The highest BCUT2D eigenvalue weighted by atomic mass is 35.5. The highest BCUT2D eigenvalue weighted by Crippen LogP contribution is 2.30. The number of aliphatic imine (C=N–C) groups is 1. The summed E-state index contributed by atoms with van der Waals surface area (Å²) in [6.45, 7) is 0.793. The topological polar surface area (TPSA) is 183 Å². The molecule has 3 aromatic rings. The van der Waals surface area contributed by atoms with E-state index in [-0.39, 0.29) is 31.4 Å². The molecule has 4 amide bonds. The second kappa shape index (κ2) is 15.6. The van der Waals surface area contributed by atoms with Crippen LogP contribution in [-0.4, -0.2) is 47.8 Å². The van der Waals surface area contributed by atoms with Crippen LogP contribution in [0.5, 0.6) is 0 Å². The van der Waals surface area contributed by atoms with Crippen molar-refractivity contribution in [2.24, 2.45) is 27.9 Å². The van der Waals surface area contributed by atoms with Crippen molar-refractivity contribution >= 4 is 47.0 Å². The third kappa shape index (κ3) is 9.67. The first kappa shape index (κ1) is 32.2. The van der Waals surface area contributed by atoms with Gasteiger partial charge >= 0.3 is 6.03 Å². The van der Waals surface area contributed by atoms with Gasteiger partial charge < -0.3 is 33.2 Å². The van der Waals surface area contributed by atoms with Crippen molar-refractivity contribution in [2.75, 3.05) is 13.1 Å². The Bertz CT molecular complexity index is 1330. The Morgan fingerprint density at radius 2 is 1.31 bits per heavy atom. The van der Waals surface area contributed by atoms with E-state index in [9.17, 15) is 14.4 Å². The van der Waals surface area contributed by atoms with Gasteiger partial charge in [0.05, 0.1) is 5.92 Å². The molecule has 0 aliphatic carbocycles. The molecule has 0 spiro atoms. The zero-order valence-corrected chi connectivity index (χ0v) is 24.5. The van der Waals surface area contributed by atoms with Crippen LogP contribution in [-0.2, 0) is 22.6 Å². The Kier molecular flexibility index (Phi) is 12.0. The summed E-state index contributed by atoms with van der Waals surface area (Å²) in [4.78, 5) is 43.8. The molecule has 0 aliphatic heterocycles. The number of guanidine groups is 1. The van der Waals surface area contributed by atoms with Crippen LogP contribution in [0.2, 0.25) is 10.0 Å². The van der Waals surface area contributed by atoms with Gasteiger partial charge in [-0.05, 0) is 65.8 Å². The zero-order valence-electron chi connectivity index (χ0n) is 23.0. The molecular weight excluding hydrogens is 577 g/mol. The monoisotopic (exact) mass is 611 g/mol. The largest absolute Gasteiger partial charge is 0.370 e. The fraction of sp³-hybridized carbons (Fsp3) is 0.267. The second-order valence-corrected chi connectivity index (χ2v) is 10.6. The third-order valence-electron chi connectivity index (χ3n) is 6.70. The average Bonchev–Trinajstić information content (AvgIpc) is 2.95. The minimum Gasteiger partial charge on any atom is -0.370 e. The molecule has 12 heteroatoms. The Morgan fingerprint density at radius 3 is 1.79 bits per heavy atom. The standard InChI is InChI=1S/C30H35Cl2N7O3/c31-23-11-7-21(8-12-23)26(22-9-13-24(32)14-10-22)28(41)39(25(27(33)40)2-1-16-37-29(34)35)17-15-19-3-5-20(6-4-19)18-38-30(36)42/h3-14,25-26H,1-2,15-18H2,(H2,33,40)(H4,34,35,37)(H3,36,38,42)/t25-/m1/s1. The van der Waals surface area contributed by atoms with Gasteiger partial charge in [0.15, 0.2) is 5.96 Å². The number of hydrogen-bond acceptors (Lipinski definition) is 4. The molecule has 0 aromatic heterocycles. The highest BCUT2D eigenvalue weighted by molar-refractivity contribution is 6.30. The third-order valence-corrected chi connectivity index (χ3v) is 7.21. The van der Waals surface area contributed by atoms with Crippen LogP contribution in [0.25, 0.3) is 0 Å². The number of nitrogens with zero attached hydrogens (tertiary/aromatic N) is 2. The molecule has 3 rings (SSSR count). The van der Waals surface area contributed by atoms with Crippen LogP contribution in [0.3, 0.4) is 0 Å². The summed E-state index contributed by atoms with van der Waals surface area (Å²) in [5.74, 6) is -1.74. The van der Waals surface area contributed by atoms with Gasteiger partial charge in [-0.25, -0.2) is 4.79 Å². The second-order valence-electron chi connectivity index (χ2n) is 9.72. The number of benzene rings is 3. The van der Waals surface area contributed by atoms with E-state index >= 15 is 0 Å².